The van der Waals surface area contributed by atoms with Crippen LogP contribution in [0.25, 0.3) is 10.8 Å². The Morgan fingerprint density at radius 1 is 0.587 bits per heavy atom. The molecular weight excluding hydrogens is 930 g/mol. The molecule has 5 aromatic carbocycles. The molecule has 328 valence electrons. The van der Waals surface area contributed by atoms with E-state index in [0.29, 0.717) is 36.4 Å². The summed E-state index contributed by atoms with van der Waals surface area (Å²) in [5.41, 5.74) is 1.03. The highest BCUT2D eigenvalue weighted by molar-refractivity contribution is 7.86. The van der Waals surface area contributed by atoms with Gasteiger partial charge < -0.3 is 16.2 Å². The van der Waals surface area contributed by atoms with Crippen molar-refractivity contribution in [1.29, 1.82) is 0 Å². The number of aromatic hydroxyl groups is 1. The van der Waals surface area contributed by atoms with Crippen LogP contribution in [0.5, 0.6) is 5.75 Å². The summed E-state index contributed by atoms with van der Waals surface area (Å²) in [6.45, 7) is 1.78. The molecule has 6 rings (SSSR count). The monoisotopic (exact) mass is 952 g/mol. The number of nitrogens with zero attached hydrogens (tertiary/aromatic N) is 8. The smallest absolute Gasteiger partial charge is 0.313 e. The molecule has 1 aromatic heterocycles. The summed E-state index contributed by atoms with van der Waals surface area (Å²) in [5, 5.41) is 33.9. The number of anilines is 3. The summed E-state index contributed by atoms with van der Waals surface area (Å²) in [6.07, 6.45) is -1.51. The van der Waals surface area contributed by atoms with E-state index in [4.69, 9.17) is 5.73 Å². The van der Waals surface area contributed by atoms with E-state index in [0.717, 1.165) is 17.7 Å². The van der Waals surface area contributed by atoms with Crippen molar-refractivity contribution in [2.45, 2.75) is 26.5 Å². The molecule has 0 saturated carbocycles. The Hall–Kier alpha value is -6.93. The molecule has 0 bridgehead atoms. The molecule has 8 N–H and O–H groups in total. The van der Waals surface area contributed by atoms with Crippen molar-refractivity contribution in [3.63, 3.8) is 0 Å². The third-order valence-electron chi connectivity index (χ3n) is 8.18. The number of fused-ring (bicyclic) bond motifs is 1. The number of phenols is 1. The lowest BCUT2D eigenvalue weighted by Gasteiger charge is -2.14. The van der Waals surface area contributed by atoms with Crippen molar-refractivity contribution in [3.05, 3.63) is 96.2 Å². The fraction of sp³-hybridized carbons (Fsp3) is 0.0303. The van der Waals surface area contributed by atoms with Crippen LogP contribution in [0.2, 0.25) is 0 Å². The van der Waals surface area contributed by atoms with E-state index in [1.165, 1.54) is 12.1 Å². The molecule has 63 heavy (non-hydrogen) atoms. The fourth-order valence-electron chi connectivity index (χ4n) is 5.42. The van der Waals surface area contributed by atoms with Gasteiger partial charge in [0.1, 0.15) is 53.8 Å². The first kappa shape index (κ1) is 45.6. The van der Waals surface area contributed by atoms with Crippen LogP contribution < -0.4 is 11.1 Å². The Labute approximate surface area is 351 Å². The largest absolute Gasteiger partial charge is 0.505 e. The predicted octanol–water partition coefficient (Wildman–Crippen LogP) is 7.62. The Kier molecular flexibility index (Phi) is 12.1. The number of halogens is 3. The van der Waals surface area contributed by atoms with Crippen LogP contribution in [0.4, 0.5) is 64.5 Å². The Morgan fingerprint density at radius 2 is 1.13 bits per heavy atom. The normalized spacial score (nSPS) is 12.9. The van der Waals surface area contributed by atoms with Gasteiger partial charge >= 0.3 is 6.08 Å². The number of rotatable bonds is 12. The fourth-order valence-corrected chi connectivity index (χ4v) is 7.98. The van der Waals surface area contributed by atoms with Crippen LogP contribution in [0.15, 0.2) is 123 Å². The number of hydrogen-bond donors (Lipinski definition) is 7. The molecule has 0 aliphatic heterocycles. The van der Waals surface area contributed by atoms with Crippen molar-refractivity contribution >= 4 is 103 Å². The maximum atomic E-state index is 15.2. The first-order valence-corrected chi connectivity index (χ1v) is 22.3. The second kappa shape index (κ2) is 16.7. The number of phenolic OH excluding ortho intramolecular Hbond substituents is 1. The molecule has 1 heterocycles. The second-order valence-corrected chi connectivity index (χ2v) is 18.1. The van der Waals surface area contributed by atoms with Crippen LogP contribution in [0, 0.1) is 24.8 Å². The van der Waals surface area contributed by atoms with E-state index in [9.17, 15) is 65.8 Å². The molecule has 6 aromatic rings. The summed E-state index contributed by atoms with van der Waals surface area (Å²) < 4.78 is 182. The first-order valence-electron chi connectivity index (χ1n) is 16.5. The average molecular weight is 953 g/mol. The minimum atomic E-state index is -5.52. The Morgan fingerprint density at radius 3 is 1.70 bits per heavy atom. The number of nitrogens with one attached hydrogen (secondary N) is 1. The van der Waals surface area contributed by atoms with Crippen LogP contribution >= 0.6 is 0 Å². The molecule has 0 atom stereocenters. The van der Waals surface area contributed by atoms with Gasteiger partial charge in [0.05, 0.1) is 16.8 Å². The van der Waals surface area contributed by atoms with Gasteiger partial charge in [-0.2, -0.15) is 57.5 Å². The molecule has 30 heteroatoms. The Bertz CT molecular complexity index is 3430. The number of nitrogen functional groups attached to an aromatic ring is 1. The number of aryl methyl sites for hydroxylation is 1. The van der Waals surface area contributed by atoms with E-state index in [-0.39, 0.29) is 11.4 Å². The summed E-state index contributed by atoms with van der Waals surface area (Å²) in [5.74, 6) is -4.50. The van der Waals surface area contributed by atoms with E-state index < -0.39 is 134 Å². The first-order chi connectivity index (χ1) is 29.2. The third-order valence-corrected chi connectivity index (χ3v) is 11.7. The summed E-state index contributed by atoms with van der Waals surface area (Å²) in [7, 11) is -21.5. The van der Waals surface area contributed by atoms with Gasteiger partial charge in [-0.3, -0.25) is 18.2 Å². The predicted molar refractivity (Wildman–Crippen MR) is 211 cm³/mol. The number of aromatic nitrogens is 2. The maximum Gasteiger partial charge on any atom is 0.313 e. The van der Waals surface area contributed by atoms with Gasteiger partial charge in [-0.15, -0.1) is 25.6 Å². The molecule has 0 saturated heterocycles. The van der Waals surface area contributed by atoms with E-state index in [1.807, 2.05) is 0 Å². The molecular formula is C33H23F3N10O13S4. The van der Waals surface area contributed by atoms with Gasteiger partial charge in [0.25, 0.3) is 40.5 Å². The molecule has 0 spiro atoms. The lowest BCUT2D eigenvalue weighted by atomic mass is 10.1. The number of azo groups is 3. The minimum Gasteiger partial charge on any atom is -0.505 e. The topological polar surface area (TPSA) is 376 Å². The summed E-state index contributed by atoms with van der Waals surface area (Å²) in [6, 6.07) is 11.2. The molecule has 0 radical (unpaired) electrons. The van der Waals surface area contributed by atoms with Crippen LogP contribution in [0.3, 0.4) is 0 Å². The van der Waals surface area contributed by atoms with Crippen molar-refractivity contribution in [1.82, 2.24) is 9.97 Å². The number of hydrogen-bond acceptors (Lipinski definition) is 19. The highest BCUT2D eigenvalue weighted by Crippen LogP contribution is 2.49. The highest BCUT2D eigenvalue weighted by atomic mass is 32.2. The zero-order valence-corrected chi connectivity index (χ0v) is 34.1. The van der Waals surface area contributed by atoms with Crippen LogP contribution in [0.1, 0.15) is 5.56 Å². The molecule has 23 nitrogen and oxygen atoms in total. The zero-order chi connectivity index (χ0) is 46.4. The van der Waals surface area contributed by atoms with Crippen molar-refractivity contribution < 1.29 is 70.2 Å². The van der Waals surface area contributed by atoms with Gasteiger partial charge in [0.15, 0.2) is 11.6 Å². The van der Waals surface area contributed by atoms with E-state index >= 15 is 4.39 Å². The molecule has 0 fully saturated rings. The minimum absolute atomic E-state index is 0.222. The maximum absolute atomic E-state index is 15.2. The van der Waals surface area contributed by atoms with Gasteiger partial charge in [-0.25, -0.2) is 4.39 Å². The van der Waals surface area contributed by atoms with E-state index in [1.54, 1.807) is 19.1 Å². The van der Waals surface area contributed by atoms with Crippen molar-refractivity contribution in [2.75, 3.05) is 11.1 Å². The number of benzene rings is 5. The van der Waals surface area contributed by atoms with Crippen molar-refractivity contribution in [3.8, 4) is 5.75 Å². The van der Waals surface area contributed by atoms with Crippen LogP contribution in [-0.2, 0) is 40.5 Å². The molecule has 0 aliphatic rings. The highest BCUT2D eigenvalue weighted by Gasteiger charge is 2.29. The standard InChI is InChI=1S/C33H23F3N10O13S4/c1-14-2-4-16(5-3-14)41-42-19-12-23(61(51,52)53)21(11-18(19)34)44-45-30-24(62(54,55)56)8-15-9-25(63(57,58)59)31(32(47)28(15)29(30)37)46-43-20-10-17(6-7-22(20)60(48,49)50)38-27-13-26(35)39-33(36)40-27/h2-13,47H,37H2,1H3,(H,38,39,40)(H,48,49,50)(H,51,52,53)(H,54,55,56)(H,57,58,59). The van der Waals surface area contributed by atoms with Crippen LogP contribution in [-0.4, -0.2) is 67.0 Å². The van der Waals surface area contributed by atoms with Gasteiger partial charge in [-0.05, 0) is 60.8 Å². The van der Waals surface area contributed by atoms with Crippen molar-refractivity contribution in [2.24, 2.45) is 30.7 Å². The lowest BCUT2D eigenvalue weighted by Crippen LogP contribution is -2.04. The van der Waals surface area contributed by atoms with Gasteiger partial charge in [0.2, 0.25) is 5.95 Å². The summed E-state index contributed by atoms with van der Waals surface area (Å²) in [4.78, 5) is 1.28. The second-order valence-electron chi connectivity index (χ2n) is 12.6. The molecule has 0 amide bonds. The van der Waals surface area contributed by atoms with Gasteiger partial charge in [0, 0.05) is 17.8 Å². The quantitative estimate of drug-likeness (QED) is 0.0204. The molecule has 0 unspecified atom stereocenters. The number of nitrogens with two attached hydrogens (primary N) is 1. The van der Waals surface area contributed by atoms with E-state index in [2.05, 4.69) is 46.0 Å². The third kappa shape index (κ3) is 10.2. The lowest BCUT2D eigenvalue weighted by molar-refractivity contribution is 0.472. The zero-order valence-electron chi connectivity index (χ0n) is 30.9. The van der Waals surface area contributed by atoms with Gasteiger partial charge in [-0.1, -0.05) is 17.7 Å². The average Bonchev–Trinajstić information content (AvgIpc) is 3.15. The Balaban J connectivity index is 1.53. The SMILES string of the molecule is Cc1ccc(N=Nc2cc(S(=O)(=O)O)c(N=Nc3c(S(=O)(=O)O)cc4cc(S(=O)(=O)O)c(N=Nc5cc(Nc6cc(F)nc(F)n6)ccc5S(=O)(=O)O)c(O)c4c3N)cc2F)cc1. The summed E-state index contributed by atoms with van der Waals surface area (Å²) >= 11 is 0. The molecule has 0 aliphatic carbocycles.